The molecule has 0 aliphatic heterocycles. The fraction of sp³-hybridized carbons (Fsp3) is 0.444. The Bertz CT molecular complexity index is 684. The van der Waals surface area contributed by atoms with Crippen molar-refractivity contribution in [3.05, 3.63) is 41.4 Å². The maximum atomic E-state index is 12.9. The lowest BCUT2D eigenvalue weighted by atomic mass is 9.81. The van der Waals surface area contributed by atoms with E-state index in [1.165, 1.54) is 6.07 Å². The van der Waals surface area contributed by atoms with Gasteiger partial charge in [-0.05, 0) is 43.9 Å². The highest BCUT2D eigenvalue weighted by Crippen LogP contribution is 2.36. The summed E-state index contributed by atoms with van der Waals surface area (Å²) in [4.78, 5) is 24.2. The van der Waals surface area contributed by atoms with Gasteiger partial charge in [-0.3, -0.25) is 9.59 Å². The summed E-state index contributed by atoms with van der Waals surface area (Å²) in [6.07, 6.45) is -0.840. The van der Waals surface area contributed by atoms with Gasteiger partial charge >= 0.3 is 6.18 Å². The molecule has 2 N–H and O–H groups in total. The number of nitrogens with one attached hydrogen (secondary N) is 2. The van der Waals surface area contributed by atoms with Crippen molar-refractivity contribution in [3.63, 3.8) is 0 Å². The van der Waals surface area contributed by atoms with Crippen LogP contribution in [0.3, 0.4) is 0 Å². The van der Waals surface area contributed by atoms with Crippen LogP contribution < -0.4 is 10.6 Å². The number of anilines is 1. The van der Waals surface area contributed by atoms with Crippen LogP contribution in [-0.2, 0) is 15.8 Å². The van der Waals surface area contributed by atoms with Gasteiger partial charge in [0, 0.05) is 24.1 Å². The highest BCUT2D eigenvalue weighted by Gasteiger charge is 2.34. The Kier molecular flexibility index (Phi) is 6.69. The van der Waals surface area contributed by atoms with E-state index >= 15 is 0 Å². The molecule has 0 saturated heterocycles. The zero-order chi connectivity index (χ0) is 19.3. The lowest BCUT2D eigenvalue weighted by Crippen LogP contribution is -2.35. The van der Waals surface area contributed by atoms with E-state index in [9.17, 15) is 22.8 Å². The van der Waals surface area contributed by atoms with Gasteiger partial charge in [0.2, 0.25) is 11.8 Å². The maximum absolute atomic E-state index is 12.9. The molecule has 1 aliphatic rings. The van der Waals surface area contributed by atoms with Gasteiger partial charge in [0.1, 0.15) is 0 Å². The summed E-state index contributed by atoms with van der Waals surface area (Å²) < 4.78 is 38.7. The van der Waals surface area contributed by atoms with Crippen molar-refractivity contribution in [2.75, 3.05) is 11.9 Å². The van der Waals surface area contributed by atoms with Crippen LogP contribution in [0.2, 0.25) is 5.02 Å². The summed E-state index contributed by atoms with van der Waals surface area (Å²) in [5.41, 5.74) is -0.933. The van der Waals surface area contributed by atoms with E-state index in [-0.39, 0.29) is 29.3 Å². The third-order valence-corrected chi connectivity index (χ3v) is 4.76. The second kappa shape index (κ2) is 8.58. The Hall–Kier alpha value is -2.02. The van der Waals surface area contributed by atoms with Gasteiger partial charge in [0.15, 0.2) is 0 Å². The molecule has 0 atom stereocenters. The Balaban J connectivity index is 1.93. The molecule has 1 aromatic rings. The molecule has 1 saturated carbocycles. The fourth-order valence-corrected chi connectivity index (χ4v) is 3.22. The summed E-state index contributed by atoms with van der Waals surface area (Å²) in [5, 5.41) is 4.84. The van der Waals surface area contributed by atoms with Crippen LogP contribution >= 0.6 is 11.6 Å². The Morgan fingerprint density at radius 3 is 2.27 bits per heavy atom. The molecule has 2 amide bonds. The van der Waals surface area contributed by atoms with Crippen LogP contribution in [0.1, 0.15) is 31.2 Å². The van der Waals surface area contributed by atoms with Crippen molar-refractivity contribution in [2.24, 2.45) is 11.8 Å². The number of hydrogen-bond donors (Lipinski definition) is 2. The molecule has 0 spiro atoms. The van der Waals surface area contributed by atoms with Crippen LogP contribution in [0.25, 0.3) is 0 Å². The largest absolute Gasteiger partial charge is 0.417 e. The zero-order valence-corrected chi connectivity index (χ0v) is 14.8. The molecule has 0 radical (unpaired) electrons. The first-order valence-electron chi connectivity index (χ1n) is 8.28. The molecule has 0 unspecified atom stereocenters. The number of carbonyl (C=O) groups is 2. The van der Waals surface area contributed by atoms with E-state index in [0.717, 1.165) is 12.1 Å². The van der Waals surface area contributed by atoms with Gasteiger partial charge in [-0.25, -0.2) is 0 Å². The molecule has 142 valence electrons. The minimum Gasteiger partial charge on any atom is -0.352 e. The molecule has 0 heterocycles. The first kappa shape index (κ1) is 20.3. The number of halogens is 4. The van der Waals surface area contributed by atoms with Crippen LogP contribution in [0.4, 0.5) is 18.9 Å². The third-order valence-electron chi connectivity index (χ3n) is 4.43. The van der Waals surface area contributed by atoms with E-state index < -0.39 is 16.8 Å². The van der Waals surface area contributed by atoms with Crippen LogP contribution in [0.5, 0.6) is 0 Å². The predicted octanol–water partition coefficient (Wildman–Crippen LogP) is 4.41. The monoisotopic (exact) mass is 388 g/mol. The van der Waals surface area contributed by atoms with Crippen molar-refractivity contribution in [1.29, 1.82) is 0 Å². The van der Waals surface area contributed by atoms with Crippen LogP contribution in [0.15, 0.2) is 30.9 Å². The molecule has 1 aromatic carbocycles. The van der Waals surface area contributed by atoms with Gasteiger partial charge in [-0.1, -0.05) is 17.7 Å². The quantitative estimate of drug-likeness (QED) is 0.734. The van der Waals surface area contributed by atoms with E-state index in [2.05, 4.69) is 17.2 Å². The SMILES string of the molecule is C=CCNC(=O)C1CCC(C(=O)Nc2ccc(Cl)c(C(F)(F)F)c2)CC1. The highest BCUT2D eigenvalue weighted by atomic mass is 35.5. The number of hydrogen-bond acceptors (Lipinski definition) is 2. The highest BCUT2D eigenvalue weighted by molar-refractivity contribution is 6.31. The zero-order valence-electron chi connectivity index (χ0n) is 14.0. The average molecular weight is 389 g/mol. The van der Waals surface area contributed by atoms with Crippen LogP contribution in [0, 0.1) is 11.8 Å². The normalized spacial score (nSPS) is 20.3. The van der Waals surface area contributed by atoms with E-state index in [1.54, 1.807) is 6.08 Å². The number of rotatable bonds is 5. The van der Waals surface area contributed by atoms with Gasteiger partial charge in [-0.15, -0.1) is 6.58 Å². The summed E-state index contributed by atoms with van der Waals surface area (Å²) >= 11 is 5.57. The first-order valence-corrected chi connectivity index (χ1v) is 8.66. The second-order valence-corrected chi connectivity index (χ2v) is 6.67. The summed E-state index contributed by atoms with van der Waals surface area (Å²) in [7, 11) is 0. The standard InChI is InChI=1S/C18H20ClF3N2O2/c1-2-9-23-16(25)11-3-5-12(6-4-11)17(26)24-13-7-8-15(19)14(10-13)18(20,21)22/h2,7-8,10-12H,1,3-6,9H2,(H,23,25)(H,24,26). The first-order chi connectivity index (χ1) is 12.2. The smallest absolute Gasteiger partial charge is 0.352 e. The van der Waals surface area contributed by atoms with Crippen LogP contribution in [-0.4, -0.2) is 18.4 Å². The number of benzene rings is 1. The molecule has 0 aromatic heterocycles. The molecule has 2 rings (SSSR count). The summed E-state index contributed by atoms with van der Waals surface area (Å²) in [6, 6.07) is 3.28. The van der Waals surface area contributed by atoms with Crippen molar-refractivity contribution < 1.29 is 22.8 Å². The van der Waals surface area contributed by atoms with E-state index in [1.807, 2.05) is 0 Å². The van der Waals surface area contributed by atoms with Gasteiger partial charge in [0.05, 0.1) is 10.6 Å². The molecular weight excluding hydrogens is 369 g/mol. The average Bonchev–Trinajstić information content (AvgIpc) is 2.60. The topological polar surface area (TPSA) is 58.2 Å². The Labute approximate surface area is 154 Å². The minimum atomic E-state index is -4.59. The second-order valence-electron chi connectivity index (χ2n) is 6.26. The summed E-state index contributed by atoms with van der Waals surface area (Å²) in [6.45, 7) is 3.93. The molecule has 8 heteroatoms. The maximum Gasteiger partial charge on any atom is 0.417 e. The lowest BCUT2D eigenvalue weighted by molar-refractivity contribution is -0.137. The molecular formula is C18H20ClF3N2O2. The van der Waals surface area contributed by atoms with Gasteiger partial charge < -0.3 is 10.6 Å². The van der Waals surface area contributed by atoms with Crippen molar-refractivity contribution in [3.8, 4) is 0 Å². The van der Waals surface area contributed by atoms with Crippen molar-refractivity contribution in [2.45, 2.75) is 31.9 Å². The summed E-state index contributed by atoms with van der Waals surface area (Å²) in [5.74, 6) is -0.878. The van der Waals surface area contributed by atoms with Crippen molar-refractivity contribution >= 4 is 29.1 Å². The Morgan fingerprint density at radius 2 is 1.73 bits per heavy atom. The van der Waals surface area contributed by atoms with Gasteiger partial charge in [0.25, 0.3) is 0 Å². The fourth-order valence-electron chi connectivity index (χ4n) is 3.00. The lowest BCUT2D eigenvalue weighted by Gasteiger charge is -2.27. The molecule has 1 aliphatic carbocycles. The Morgan fingerprint density at radius 1 is 1.15 bits per heavy atom. The predicted molar refractivity (Wildman–Crippen MR) is 93.7 cm³/mol. The molecule has 1 fully saturated rings. The molecule has 0 bridgehead atoms. The van der Waals surface area contributed by atoms with E-state index in [0.29, 0.717) is 32.2 Å². The van der Waals surface area contributed by atoms with E-state index in [4.69, 9.17) is 11.6 Å². The van der Waals surface area contributed by atoms with Crippen molar-refractivity contribution in [1.82, 2.24) is 5.32 Å². The number of alkyl halides is 3. The number of amides is 2. The molecule has 4 nitrogen and oxygen atoms in total. The number of carbonyl (C=O) groups excluding carboxylic acids is 2. The third kappa shape index (κ3) is 5.24. The minimum absolute atomic E-state index is 0.0533. The molecule has 26 heavy (non-hydrogen) atoms. The van der Waals surface area contributed by atoms with Gasteiger partial charge in [-0.2, -0.15) is 13.2 Å².